The third-order valence-corrected chi connectivity index (χ3v) is 5.60. The number of anilines is 1. The second kappa shape index (κ2) is 7.85. The molecular formula is C17H23F3N2O3S. The van der Waals surface area contributed by atoms with Crippen LogP contribution >= 0.6 is 0 Å². The molecule has 1 amide bonds. The highest BCUT2D eigenvalue weighted by molar-refractivity contribution is 7.92. The quantitative estimate of drug-likeness (QED) is 0.774. The van der Waals surface area contributed by atoms with Crippen LogP contribution in [0.4, 0.5) is 18.9 Å². The number of carbonyl (C=O) groups excluding carboxylic acids is 1. The molecule has 2 rings (SSSR count). The van der Waals surface area contributed by atoms with Crippen LogP contribution in [0.1, 0.15) is 31.7 Å². The summed E-state index contributed by atoms with van der Waals surface area (Å²) in [6.45, 7) is 2.90. The summed E-state index contributed by atoms with van der Waals surface area (Å²) in [4.78, 5) is 14.0. The predicted molar refractivity (Wildman–Crippen MR) is 93.2 cm³/mol. The minimum absolute atomic E-state index is 0.161. The Bertz CT molecular complexity index is 750. The smallest absolute Gasteiger partial charge is 0.342 e. The molecule has 0 saturated carbocycles. The van der Waals surface area contributed by atoms with Gasteiger partial charge in [0.15, 0.2) is 0 Å². The van der Waals surface area contributed by atoms with Crippen LogP contribution in [0.3, 0.4) is 0 Å². The molecule has 0 aliphatic carbocycles. The summed E-state index contributed by atoms with van der Waals surface area (Å²) >= 11 is 0. The van der Waals surface area contributed by atoms with Gasteiger partial charge in [-0.3, -0.25) is 9.10 Å². The number of nitrogens with zero attached hydrogens (tertiary/aromatic N) is 2. The maximum atomic E-state index is 13.2. The Morgan fingerprint density at radius 3 is 2.54 bits per heavy atom. The average molecular weight is 392 g/mol. The number of hydrogen-bond acceptors (Lipinski definition) is 3. The van der Waals surface area contributed by atoms with Gasteiger partial charge in [0.25, 0.3) is 0 Å². The molecule has 1 aromatic rings. The zero-order valence-electron chi connectivity index (χ0n) is 14.8. The molecule has 1 unspecified atom stereocenters. The van der Waals surface area contributed by atoms with Gasteiger partial charge >= 0.3 is 6.18 Å². The largest absolute Gasteiger partial charge is 0.418 e. The maximum absolute atomic E-state index is 13.2. The Hall–Kier alpha value is -1.77. The zero-order valence-corrected chi connectivity index (χ0v) is 15.6. The van der Waals surface area contributed by atoms with E-state index in [0.717, 1.165) is 31.2 Å². The van der Waals surface area contributed by atoms with Crippen molar-refractivity contribution in [2.24, 2.45) is 5.92 Å². The first-order valence-electron chi connectivity index (χ1n) is 8.42. The molecule has 0 aromatic heterocycles. The summed E-state index contributed by atoms with van der Waals surface area (Å²) in [7, 11) is -3.98. The number of halogens is 3. The number of carbonyl (C=O) groups is 1. The van der Waals surface area contributed by atoms with Crippen LogP contribution in [-0.2, 0) is 21.0 Å². The molecule has 146 valence electrons. The molecule has 1 aliphatic heterocycles. The predicted octanol–water partition coefficient (Wildman–Crippen LogP) is 3.12. The highest BCUT2D eigenvalue weighted by atomic mass is 32.2. The SMILES string of the molecule is CC1CCCN(C(=O)CCN(c2ccccc2C(F)(F)F)S(C)(=O)=O)C1. The number of para-hydroxylation sites is 1. The van der Waals surface area contributed by atoms with Gasteiger partial charge in [-0.25, -0.2) is 8.42 Å². The van der Waals surface area contributed by atoms with E-state index < -0.39 is 27.5 Å². The fourth-order valence-electron chi connectivity index (χ4n) is 3.17. The highest BCUT2D eigenvalue weighted by Crippen LogP contribution is 2.37. The van der Waals surface area contributed by atoms with Gasteiger partial charge in [0, 0.05) is 26.1 Å². The third-order valence-electron chi connectivity index (χ3n) is 4.42. The molecule has 5 nitrogen and oxygen atoms in total. The molecule has 0 spiro atoms. The number of amides is 1. The van der Waals surface area contributed by atoms with E-state index in [1.165, 1.54) is 12.1 Å². The van der Waals surface area contributed by atoms with Crippen molar-refractivity contribution in [1.82, 2.24) is 4.90 Å². The van der Waals surface area contributed by atoms with Crippen LogP contribution in [0.5, 0.6) is 0 Å². The molecule has 1 heterocycles. The van der Waals surface area contributed by atoms with Gasteiger partial charge in [0.2, 0.25) is 15.9 Å². The molecule has 0 bridgehead atoms. The Morgan fingerprint density at radius 2 is 1.96 bits per heavy atom. The topological polar surface area (TPSA) is 57.7 Å². The van der Waals surface area contributed by atoms with Crippen molar-refractivity contribution in [2.45, 2.75) is 32.4 Å². The molecule has 1 aliphatic rings. The first-order valence-corrected chi connectivity index (χ1v) is 10.3. The van der Waals surface area contributed by atoms with E-state index in [-0.39, 0.29) is 18.9 Å². The Morgan fingerprint density at radius 1 is 1.31 bits per heavy atom. The van der Waals surface area contributed by atoms with E-state index in [9.17, 15) is 26.4 Å². The van der Waals surface area contributed by atoms with Gasteiger partial charge in [-0.2, -0.15) is 13.2 Å². The van der Waals surface area contributed by atoms with Crippen molar-refractivity contribution in [2.75, 3.05) is 30.2 Å². The summed E-state index contributed by atoms with van der Waals surface area (Å²) in [5.41, 5.74) is -1.49. The molecule has 1 atom stereocenters. The zero-order chi connectivity index (χ0) is 19.5. The lowest BCUT2D eigenvalue weighted by Crippen LogP contribution is -2.41. The minimum atomic E-state index is -4.69. The van der Waals surface area contributed by atoms with Gasteiger partial charge < -0.3 is 4.90 Å². The van der Waals surface area contributed by atoms with Gasteiger partial charge in [-0.05, 0) is 30.9 Å². The lowest BCUT2D eigenvalue weighted by Gasteiger charge is -2.32. The van der Waals surface area contributed by atoms with Crippen molar-refractivity contribution in [3.05, 3.63) is 29.8 Å². The van der Waals surface area contributed by atoms with Crippen LogP contribution in [-0.4, -0.2) is 45.1 Å². The molecule has 0 radical (unpaired) electrons. The first kappa shape index (κ1) is 20.5. The molecule has 26 heavy (non-hydrogen) atoms. The average Bonchev–Trinajstić information content (AvgIpc) is 2.53. The number of sulfonamides is 1. The van der Waals surface area contributed by atoms with Crippen LogP contribution in [0.15, 0.2) is 24.3 Å². The molecule has 1 fully saturated rings. The Kier molecular flexibility index (Phi) is 6.21. The number of alkyl halides is 3. The van der Waals surface area contributed by atoms with E-state index in [1.807, 2.05) is 6.92 Å². The maximum Gasteiger partial charge on any atom is 0.418 e. The fourth-order valence-corrected chi connectivity index (χ4v) is 4.11. The Balaban J connectivity index is 2.21. The van der Waals surface area contributed by atoms with Gasteiger partial charge in [-0.15, -0.1) is 0 Å². The van der Waals surface area contributed by atoms with Crippen LogP contribution < -0.4 is 4.31 Å². The summed E-state index contributed by atoms with van der Waals surface area (Å²) in [6.07, 6.45) is -2.11. The number of likely N-dealkylation sites (tertiary alicyclic amines) is 1. The highest BCUT2D eigenvalue weighted by Gasteiger charge is 2.36. The molecular weight excluding hydrogens is 369 g/mol. The number of piperidine rings is 1. The van der Waals surface area contributed by atoms with E-state index in [2.05, 4.69) is 0 Å². The lowest BCUT2D eigenvalue weighted by atomic mass is 10.00. The van der Waals surface area contributed by atoms with Crippen LogP contribution in [0.2, 0.25) is 0 Å². The minimum Gasteiger partial charge on any atom is -0.342 e. The Labute approximate surface area is 151 Å². The molecule has 0 N–H and O–H groups in total. The number of benzene rings is 1. The standard InChI is InChI=1S/C17H23F3N2O3S/c1-13-6-5-10-21(12-13)16(23)9-11-22(26(2,24)25)15-8-4-3-7-14(15)17(18,19)20/h3-4,7-8,13H,5-6,9-12H2,1-2H3. The van der Waals surface area contributed by atoms with Gasteiger partial charge in [0.1, 0.15) is 0 Å². The molecule has 9 heteroatoms. The fraction of sp³-hybridized carbons (Fsp3) is 0.588. The summed E-state index contributed by atoms with van der Waals surface area (Å²) in [5, 5.41) is 0. The second-order valence-electron chi connectivity index (χ2n) is 6.69. The van der Waals surface area contributed by atoms with E-state index in [4.69, 9.17) is 0 Å². The van der Waals surface area contributed by atoms with Crippen molar-refractivity contribution in [3.8, 4) is 0 Å². The lowest BCUT2D eigenvalue weighted by molar-refractivity contribution is -0.137. The first-order chi connectivity index (χ1) is 12.0. The van der Waals surface area contributed by atoms with Crippen molar-refractivity contribution in [1.29, 1.82) is 0 Å². The van der Waals surface area contributed by atoms with E-state index >= 15 is 0 Å². The monoisotopic (exact) mass is 392 g/mol. The molecule has 1 saturated heterocycles. The number of rotatable bonds is 5. The van der Waals surface area contributed by atoms with E-state index in [1.54, 1.807) is 4.90 Å². The molecule has 1 aromatic carbocycles. The van der Waals surface area contributed by atoms with Crippen molar-refractivity contribution < 1.29 is 26.4 Å². The second-order valence-corrected chi connectivity index (χ2v) is 8.59. The van der Waals surface area contributed by atoms with Crippen molar-refractivity contribution >= 4 is 21.6 Å². The normalized spacial score (nSPS) is 18.7. The summed E-state index contributed by atoms with van der Waals surface area (Å²) in [6, 6.07) is 4.49. The number of hydrogen-bond donors (Lipinski definition) is 0. The van der Waals surface area contributed by atoms with Gasteiger partial charge in [0.05, 0.1) is 17.5 Å². The van der Waals surface area contributed by atoms with Crippen molar-refractivity contribution in [3.63, 3.8) is 0 Å². The van der Waals surface area contributed by atoms with Crippen LogP contribution in [0, 0.1) is 5.92 Å². The summed E-state index contributed by atoms with van der Waals surface area (Å²) in [5.74, 6) is 0.124. The summed E-state index contributed by atoms with van der Waals surface area (Å²) < 4.78 is 64.5. The van der Waals surface area contributed by atoms with Crippen LogP contribution in [0.25, 0.3) is 0 Å². The van der Waals surface area contributed by atoms with Gasteiger partial charge in [-0.1, -0.05) is 19.1 Å². The third kappa shape index (κ3) is 5.12. The van der Waals surface area contributed by atoms with E-state index in [0.29, 0.717) is 23.3 Å².